The zero-order valence-electron chi connectivity index (χ0n) is 9.86. The van der Waals surface area contributed by atoms with Crippen molar-refractivity contribution >= 4 is 23.5 Å². The molecule has 0 aliphatic carbocycles. The quantitative estimate of drug-likeness (QED) is 0.845. The minimum absolute atomic E-state index is 0.313. The molecule has 0 unspecified atom stereocenters. The van der Waals surface area contributed by atoms with E-state index in [1.165, 1.54) is 12.4 Å². The van der Waals surface area contributed by atoms with Crippen molar-refractivity contribution in [2.75, 3.05) is 25.1 Å². The molecule has 2 heterocycles. The van der Waals surface area contributed by atoms with Gasteiger partial charge in [0, 0.05) is 19.8 Å². The van der Waals surface area contributed by atoms with Crippen LogP contribution in [0.1, 0.15) is 12.8 Å². The van der Waals surface area contributed by atoms with Crippen LogP contribution in [0.3, 0.4) is 0 Å². The van der Waals surface area contributed by atoms with E-state index in [1.54, 1.807) is 0 Å². The van der Waals surface area contributed by atoms with Crippen LogP contribution in [0.2, 0.25) is 5.02 Å². The molecule has 0 bridgehead atoms. The van der Waals surface area contributed by atoms with Gasteiger partial charge in [0.25, 0.3) is 0 Å². The number of hydrogen-bond donors (Lipinski definition) is 2. The number of nitrogens with two attached hydrogens (primary N) is 1. The molecule has 2 rings (SSSR count). The van der Waals surface area contributed by atoms with Crippen molar-refractivity contribution in [3.63, 3.8) is 0 Å². The number of hydrogen-bond acceptors (Lipinski definition) is 5. The zero-order chi connectivity index (χ0) is 13.0. The summed E-state index contributed by atoms with van der Waals surface area (Å²) in [6.45, 7) is 1.51. The van der Waals surface area contributed by atoms with Gasteiger partial charge < -0.3 is 15.8 Å². The van der Waals surface area contributed by atoms with Crippen molar-refractivity contribution in [3.8, 4) is 0 Å². The first kappa shape index (κ1) is 13.0. The molecule has 98 valence electrons. The van der Waals surface area contributed by atoms with E-state index in [-0.39, 0.29) is 5.91 Å². The second kappa shape index (κ2) is 5.49. The Bertz CT molecular complexity index is 418. The largest absolute Gasteiger partial charge is 0.381 e. The monoisotopic (exact) mass is 270 g/mol. The first-order valence-corrected chi connectivity index (χ1v) is 6.09. The fourth-order valence-corrected chi connectivity index (χ4v) is 2.02. The molecule has 1 aromatic heterocycles. The fourth-order valence-electron chi connectivity index (χ4n) is 1.92. The number of primary amides is 1. The summed E-state index contributed by atoms with van der Waals surface area (Å²) in [7, 11) is 0. The molecule has 1 aliphatic rings. The van der Waals surface area contributed by atoms with Crippen molar-refractivity contribution in [2.24, 2.45) is 11.1 Å². The first-order valence-electron chi connectivity index (χ1n) is 5.71. The molecule has 1 aromatic rings. The smallest absolute Gasteiger partial charge is 0.225 e. The number of carbonyl (C=O) groups is 1. The van der Waals surface area contributed by atoms with Gasteiger partial charge in [0.1, 0.15) is 0 Å². The second-order valence-electron chi connectivity index (χ2n) is 4.34. The van der Waals surface area contributed by atoms with Crippen LogP contribution in [-0.2, 0) is 9.53 Å². The van der Waals surface area contributed by atoms with Gasteiger partial charge in [0.05, 0.1) is 22.8 Å². The molecule has 1 saturated heterocycles. The van der Waals surface area contributed by atoms with Gasteiger partial charge in [0.2, 0.25) is 11.9 Å². The van der Waals surface area contributed by atoms with Crippen molar-refractivity contribution in [2.45, 2.75) is 12.8 Å². The summed E-state index contributed by atoms with van der Waals surface area (Å²) in [5, 5.41) is 3.50. The van der Waals surface area contributed by atoms with Crippen molar-refractivity contribution in [1.29, 1.82) is 0 Å². The minimum Gasteiger partial charge on any atom is -0.381 e. The average molecular weight is 271 g/mol. The van der Waals surface area contributed by atoms with E-state index in [0.29, 0.717) is 43.6 Å². The number of halogens is 1. The second-order valence-corrected chi connectivity index (χ2v) is 4.77. The topological polar surface area (TPSA) is 90.1 Å². The van der Waals surface area contributed by atoms with Crippen LogP contribution in [0, 0.1) is 5.41 Å². The Morgan fingerprint density at radius 3 is 2.61 bits per heavy atom. The Balaban J connectivity index is 2.01. The summed E-state index contributed by atoms with van der Waals surface area (Å²) in [6, 6.07) is 0. The molecule has 0 radical (unpaired) electrons. The number of ether oxygens (including phenoxy) is 1. The Morgan fingerprint density at radius 1 is 1.44 bits per heavy atom. The molecule has 0 spiro atoms. The first-order chi connectivity index (χ1) is 8.62. The highest BCUT2D eigenvalue weighted by molar-refractivity contribution is 6.30. The predicted molar refractivity (Wildman–Crippen MR) is 67.2 cm³/mol. The summed E-state index contributed by atoms with van der Waals surface area (Å²) in [6.07, 6.45) is 4.22. The Hall–Kier alpha value is -1.40. The molecular weight excluding hydrogens is 256 g/mol. The summed E-state index contributed by atoms with van der Waals surface area (Å²) in [5.41, 5.74) is 4.91. The van der Waals surface area contributed by atoms with E-state index >= 15 is 0 Å². The maximum Gasteiger partial charge on any atom is 0.225 e. The third-order valence-corrected chi connectivity index (χ3v) is 3.37. The van der Waals surface area contributed by atoms with E-state index in [1.807, 2.05) is 0 Å². The molecule has 3 N–H and O–H groups in total. The number of rotatable bonds is 4. The highest BCUT2D eigenvalue weighted by Gasteiger charge is 2.38. The molecule has 1 fully saturated rings. The standard InChI is InChI=1S/C11H15ClN4O2/c12-8-5-14-10(15-6-8)16-7-11(9(13)17)1-3-18-4-2-11/h5-6H,1-4,7H2,(H2,13,17)(H,14,15,16). The SMILES string of the molecule is NC(=O)C1(CNc2ncc(Cl)cn2)CCOCC1. The van der Waals surface area contributed by atoms with Gasteiger partial charge in [-0.05, 0) is 12.8 Å². The van der Waals surface area contributed by atoms with Gasteiger partial charge in [0.15, 0.2) is 0 Å². The van der Waals surface area contributed by atoms with E-state index in [0.717, 1.165) is 0 Å². The number of amides is 1. The Morgan fingerprint density at radius 2 is 2.06 bits per heavy atom. The van der Waals surface area contributed by atoms with Crippen LogP contribution in [-0.4, -0.2) is 35.6 Å². The lowest BCUT2D eigenvalue weighted by atomic mass is 9.79. The van der Waals surface area contributed by atoms with E-state index in [4.69, 9.17) is 22.1 Å². The Kier molecular flexibility index (Phi) is 3.98. The van der Waals surface area contributed by atoms with E-state index in [2.05, 4.69) is 15.3 Å². The van der Waals surface area contributed by atoms with Crippen LogP contribution < -0.4 is 11.1 Å². The van der Waals surface area contributed by atoms with Crippen LogP contribution in [0.5, 0.6) is 0 Å². The molecular formula is C11H15ClN4O2. The predicted octanol–water partition coefficient (Wildman–Crippen LogP) is 0.824. The lowest BCUT2D eigenvalue weighted by Crippen LogP contribution is -2.46. The van der Waals surface area contributed by atoms with Gasteiger partial charge >= 0.3 is 0 Å². The molecule has 1 amide bonds. The molecule has 0 atom stereocenters. The number of aromatic nitrogens is 2. The maximum absolute atomic E-state index is 11.6. The highest BCUT2D eigenvalue weighted by atomic mass is 35.5. The highest BCUT2D eigenvalue weighted by Crippen LogP contribution is 2.30. The van der Waals surface area contributed by atoms with Gasteiger partial charge in [-0.1, -0.05) is 11.6 Å². The molecule has 1 aliphatic heterocycles. The summed E-state index contributed by atoms with van der Waals surface area (Å²) in [5.74, 6) is 0.124. The maximum atomic E-state index is 11.6. The lowest BCUT2D eigenvalue weighted by Gasteiger charge is -2.34. The average Bonchev–Trinajstić information content (AvgIpc) is 2.39. The minimum atomic E-state index is -0.582. The number of nitrogens with zero attached hydrogens (tertiary/aromatic N) is 2. The zero-order valence-corrected chi connectivity index (χ0v) is 10.6. The van der Waals surface area contributed by atoms with Gasteiger partial charge in [-0.15, -0.1) is 0 Å². The van der Waals surface area contributed by atoms with Crippen LogP contribution in [0.15, 0.2) is 12.4 Å². The molecule has 18 heavy (non-hydrogen) atoms. The van der Waals surface area contributed by atoms with Gasteiger partial charge in [-0.2, -0.15) is 0 Å². The summed E-state index contributed by atoms with van der Waals surface area (Å²) >= 11 is 5.69. The molecule has 0 saturated carbocycles. The fraction of sp³-hybridized carbons (Fsp3) is 0.545. The summed E-state index contributed by atoms with van der Waals surface area (Å²) in [4.78, 5) is 19.6. The van der Waals surface area contributed by atoms with Crippen molar-refractivity contribution in [1.82, 2.24) is 9.97 Å². The summed E-state index contributed by atoms with van der Waals surface area (Å²) < 4.78 is 5.26. The normalized spacial score (nSPS) is 18.3. The molecule has 0 aromatic carbocycles. The van der Waals surface area contributed by atoms with Gasteiger partial charge in [-0.3, -0.25) is 4.79 Å². The third kappa shape index (κ3) is 2.88. The number of carbonyl (C=O) groups excluding carboxylic acids is 1. The molecule has 7 heteroatoms. The number of nitrogens with one attached hydrogen (secondary N) is 1. The Labute approximate surface area is 110 Å². The van der Waals surface area contributed by atoms with E-state index < -0.39 is 5.41 Å². The van der Waals surface area contributed by atoms with Crippen LogP contribution in [0.4, 0.5) is 5.95 Å². The van der Waals surface area contributed by atoms with Crippen molar-refractivity contribution in [3.05, 3.63) is 17.4 Å². The lowest BCUT2D eigenvalue weighted by molar-refractivity contribution is -0.132. The van der Waals surface area contributed by atoms with Gasteiger partial charge in [-0.25, -0.2) is 9.97 Å². The van der Waals surface area contributed by atoms with Crippen LogP contribution >= 0.6 is 11.6 Å². The third-order valence-electron chi connectivity index (χ3n) is 3.18. The number of anilines is 1. The van der Waals surface area contributed by atoms with Crippen LogP contribution in [0.25, 0.3) is 0 Å². The molecule has 6 nitrogen and oxygen atoms in total. The van der Waals surface area contributed by atoms with E-state index in [9.17, 15) is 4.79 Å². The van der Waals surface area contributed by atoms with Crippen molar-refractivity contribution < 1.29 is 9.53 Å².